The molecule has 1 atom stereocenters. The van der Waals surface area contributed by atoms with Gasteiger partial charge in [0.25, 0.3) is 0 Å². The first-order valence-electron chi connectivity index (χ1n) is 7.36. The van der Waals surface area contributed by atoms with Crippen LogP contribution in [-0.4, -0.2) is 16.9 Å². The summed E-state index contributed by atoms with van der Waals surface area (Å²) in [4.78, 5) is 28.8. The number of nitrogens with one attached hydrogen (secondary N) is 2. The second-order valence-corrected chi connectivity index (χ2v) is 6.19. The van der Waals surface area contributed by atoms with E-state index in [1.165, 1.54) is 11.3 Å². The number of fused-ring (bicyclic) bond motifs is 1. The molecule has 0 radical (unpaired) electrons. The van der Waals surface area contributed by atoms with Crippen LogP contribution in [0.25, 0.3) is 10.9 Å². The molecule has 0 bridgehead atoms. The number of carbonyl (C=O) groups is 2. The maximum atomic E-state index is 12.4. The van der Waals surface area contributed by atoms with Crippen molar-refractivity contribution in [2.45, 2.75) is 12.5 Å². The SMILES string of the molecule is NC(=O)NC(CC(=O)Nc1cccc2cccnc12)c1cccs1. The molecule has 6 nitrogen and oxygen atoms in total. The average Bonchev–Trinajstić information content (AvgIpc) is 3.08. The largest absolute Gasteiger partial charge is 0.352 e. The van der Waals surface area contributed by atoms with Crippen LogP contribution in [0.3, 0.4) is 0 Å². The molecule has 0 saturated heterocycles. The molecule has 3 amide bonds. The molecule has 2 heterocycles. The first kappa shape index (κ1) is 15.9. The van der Waals surface area contributed by atoms with Crippen LogP contribution >= 0.6 is 11.3 Å². The van der Waals surface area contributed by atoms with Gasteiger partial charge < -0.3 is 16.4 Å². The van der Waals surface area contributed by atoms with E-state index in [4.69, 9.17) is 5.73 Å². The van der Waals surface area contributed by atoms with E-state index in [-0.39, 0.29) is 12.3 Å². The standard InChI is InChI=1S/C17H16N4O2S/c18-17(23)21-13(14-7-3-9-24-14)10-15(22)20-12-6-1-4-11-5-2-8-19-16(11)12/h1-9,13H,10H2,(H,20,22)(H3,18,21,23). The number of primary amides is 1. The Kier molecular flexibility index (Phi) is 4.72. The zero-order chi connectivity index (χ0) is 16.9. The summed E-state index contributed by atoms with van der Waals surface area (Å²) in [7, 11) is 0. The zero-order valence-corrected chi connectivity index (χ0v) is 13.5. The molecule has 4 N–H and O–H groups in total. The Morgan fingerprint density at radius 2 is 2.00 bits per heavy atom. The summed E-state index contributed by atoms with van der Waals surface area (Å²) in [5, 5.41) is 8.30. The van der Waals surface area contributed by atoms with Gasteiger partial charge in [0.05, 0.1) is 23.7 Å². The van der Waals surface area contributed by atoms with Gasteiger partial charge in [-0.05, 0) is 23.6 Å². The number of rotatable bonds is 5. The van der Waals surface area contributed by atoms with Crippen molar-refractivity contribution in [2.75, 3.05) is 5.32 Å². The van der Waals surface area contributed by atoms with Crippen LogP contribution in [0, 0.1) is 0 Å². The van der Waals surface area contributed by atoms with Gasteiger partial charge in [-0.3, -0.25) is 9.78 Å². The number of urea groups is 1. The summed E-state index contributed by atoms with van der Waals surface area (Å²) >= 11 is 1.46. The highest BCUT2D eigenvalue weighted by molar-refractivity contribution is 7.10. The minimum Gasteiger partial charge on any atom is -0.352 e. The van der Waals surface area contributed by atoms with Crippen molar-refractivity contribution in [3.05, 3.63) is 58.9 Å². The van der Waals surface area contributed by atoms with E-state index < -0.39 is 12.1 Å². The van der Waals surface area contributed by atoms with Gasteiger partial charge in [0.15, 0.2) is 0 Å². The molecule has 0 aliphatic rings. The normalized spacial score (nSPS) is 11.8. The number of anilines is 1. The lowest BCUT2D eigenvalue weighted by atomic mass is 10.1. The second-order valence-electron chi connectivity index (χ2n) is 5.21. The van der Waals surface area contributed by atoms with Crippen molar-refractivity contribution >= 4 is 39.9 Å². The first-order chi connectivity index (χ1) is 11.6. The Hall–Kier alpha value is -2.93. The van der Waals surface area contributed by atoms with Crippen molar-refractivity contribution < 1.29 is 9.59 Å². The fraction of sp³-hybridized carbons (Fsp3) is 0.118. The molecule has 0 aliphatic heterocycles. The van der Waals surface area contributed by atoms with Crippen LogP contribution < -0.4 is 16.4 Å². The number of nitrogens with zero attached hydrogens (tertiary/aromatic N) is 1. The number of carbonyl (C=O) groups excluding carboxylic acids is 2. The number of thiophene rings is 1. The molecule has 0 spiro atoms. The average molecular weight is 340 g/mol. The molecular weight excluding hydrogens is 324 g/mol. The number of nitrogens with two attached hydrogens (primary N) is 1. The van der Waals surface area contributed by atoms with Gasteiger partial charge in [0.2, 0.25) is 5.91 Å². The van der Waals surface area contributed by atoms with E-state index in [0.717, 1.165) is 15.8 Å². The molecule has 3 aromatic rings. The van der Waals surface area contributed by atoms with Gasteiger partial charge in [-0.25, -0.2) is 4.79 Å². The smallest absolute Gasteiger partial charge is 0.312 e. The van der Waals surface area contributed by atoms with E-state index >= 15 is 0 Å². The maximum absolute atomic E-state index is 12.4. The third-order valence-electron chi connectivity index (χ3n) is 3.50. The lowest BCUT2D eigenvalue weighted by Gasteiger charge is -2.16. The van der Waals surface area contributed by atoms with E-state index in [9.17, 15) is 9.59 Å². The van der Waals surface area contributed by atoms with E-state index in [2.05, 4.69) is 15.6 Å². The van der Waals surface area contributed by atoms with Crippen molar-refractivity contribution in [3.63, 3.8) is 0 Å². The van der Waals surface area contributed by atoms with Gasteiger partial charge in [0, 0.05) is 16.5 Å². The van der Waals surface area contributed by atoms with Gasteiger partial charge in [0.1, 0.15) is 0 Å². The number of aromatic nitrogens is 1. The van der Waals surface area contributed by atoms with Crippen molar-refractivity contribution in [3.8, 4) is 0 Å². The molecule has 1 unspecified atom stereocenters. The van der Waals surface area contributed by atoms with Gasteiger partial charge in [-0.15, -0.1) is 11.3 Å². The third-order valence-corrected chi connectivity index (χ3v) is 4.49. The monoisotopic (exact) mass is 340 g/mol. The number of pyridine rings is 1. The number of hydrogen-bond acceptors (Lipinski definition) is 4. The molecule has 122 valence electrons. The Balaban J connectivity index is 1.77. The van der Waals surface area contributed by atoms with Crippen LogP contribution in [0.2, 0.25) is 0 Å². The third kappa shape index (κ3) is 3.69. The highest BCUT2D eigenvalue weighted by Crippen LogP contribution is 2.24. The van der Waals surface area contributed by atoms with Crippen LogP contribution in [0.4, 0.5) is 10.5 Å². The quantitative estimate of drug-likeness (QED) is 0.666. The molecule has 0 aliphatic carbocycles. The summed E-state index contributed by atoms with van der Waals surface area (Å²) in [5.74, 6) is -0.222. The van der Waals surface area contributed by atoms with Crippen LogP contribution in [0.1, 0.15) is 17.3 Å². The van der Waals surface area contributed by atoms with Gasteiger partial charge >= 0.3 is 6.03 Å². The van der Waals surface area contributed by atoms with Crippen LogP contribution in [0.5, 0.6) is 0 Å². The second kappa shape index (κ2) is 7.10. The topological polar surface area (TPSA) is 97.1 Å². The first-order valence-corrected chi connectivity index (χ1v) is 8.24. The highest BCUT2D eigenvalue weighted by Gasteiger charge is 2.19. The summed E-state index contributed by atoms with van der Waals surface area (Å²) < 4.78 is 0. The van der Waals surface area contributed by atoms with Crippen LogP contribution in [0.15, 0.2) is 54.0 Å². The van der Waals surface area contributed by atoms with Gasteiger partial charge in [-0.2, -0.15) is 0 Å². The number of hydrogen-bond donors (Lipinski definition) is 3. The number of amides is 3. The number of para-hydroxylation sites is 1. The molecule has 0 saturated carbocycles. The fourth-order valence-corrected chi connectivity index (χ4v) is 3.25. The van der Waals surface area contributed by atoms with Gasteiger partial charge in [-0.1, -0.05) is 24.3 Å². The molecule has 7 heteroatoms. The minimum absolute atomic E-state index is 0.0900. The Bertz CT molecular complexity index is 859. The Morgan fingerprint density at radius 1 is 1.17 bits per heavy atom. The van der Waals surface area contributed by atoms with E-state index in [1.54, 1.807) is 12.3 Å². The van der Waals surface area contributed by atoms with Crippen molar-refractivity contribution in [2.24, 2.45) is 5.73 Å². The highest BCUT2D eigenvalue weighted by atomic mass is 32.1. The van der Waals surface area contributed by atoms with E-state index in [1.807, 2.05) is 41.8 Å². The van der Waals surface area contributed by atoms with Crippen LogP contribution in [-0.2, 0) is 4.79 Å². The molecule has 3 rings (SSSR count). The molecular formula is C17H16N4O2S. The Morgan fingerprint density at radius 3 is 2.75 bits per heavy atom. The predicted molar refractivity (Wildman–Crippen MR) is 94.8 cm³/mol. The fourth-order valence-electron chi connectivity index (χ4n) is 2.48. The zero-order valence-electron chi connectivity index (χ0n) is 12.7. The molecule has 0 fully saturated rings. The summed E-state index contributed by atoms with van der Waals surface area (Å²) in [6.07, 6.45) is 1.77. The summed E-state index contributed by atoms with van der Waals surface area (Å²) in [5.41, 5.74) is 6.58. The minimum atomic E-state index is -0.659. The van der Waals surface area contributed by atoms with Crippen molar-refractivity contribution in [1.29, 1.82) is 0 Å². The van der Waals surface area contributed by atoms with Crippen molar-refractivity contribution in [1.82, 2.24) is 10.3 Å². The molecule has 2 aromatic heterocycles. The summed E-state index contributed by atoms with van der Waals surface area (Å²) in [6, 6.07) is 12.0. The molecule has 24 heavy (non-hydrogen) atoms. The predicted octanol–water partition coefficient (Wildman–Crippen LogP) is 3.03. The summed E-state index contributed by atoms with van der Waals surface area (Å²) in [6.45, 7) is 0. The maximum Gasteiger partial charge on any atom is 0.312 e. The van der Waals surface area contributed by atoms with E-state index in [0.29, 0.717) is 5.69 Å². The number of benzene rings is 1. The Labute approximate surface area is 142 Å². The lowest BCUT2D eigenvalue weighted by Crippen LogP contribution is -2.34. The lowest BCUT2D eigenvalue weighted by molar-refractivity contribution is -0.116. The molecule has 1 aromatic carbocycles.